The first kappa shape index (κ1) is 16.0. The Morgan fingerprint density at radius 1 is 1.37 bits per heavy atom. The highest BCUT2D eigenvalue weighted by Crippen LogP contribution is 2.37. The predicted molar refractivity (Wildman–Crippen MR) is 72.7 cm³/mol. The fraction of sp³-hybridized carbons (Fsp3) is 0.462. The largest absolute Gasteiger partial charge is 0.481 e. The number of rotatable bonds is 3. The molecule has 19 heavy (non-hydrogen) atoms. The zero-order valence-electron chi connectivity index (χ0n) is 10.9. The fourth-order valence-electron chi connectivity index (χ4n) is 1.40. The molecule has 106 valence electrons. The van der Waals surface area contributed by atoms with Crippen LogP contribution in [0.2, 0.25) is 0 Å². The van der Waals surface area contributed by atoms with E-state index in [1.165, 1.54) is 12.1 Å². The molecular weight excluding hydrogens is 323 g/mol. The molecule has 0 spiro atoms. The van der Waals surface area contributed by atoms with Crippen LogP contribution in [0.15, 0.2) is 27.7 Å². The van der Waals surface area contributed by atoms with E-state index in [9.17, 15) is 13.2 Å². The molecule has 0 N–H and O–H groups in total. The topological polar surface area (TPSA) is 21.6 Å². The van der Waals surface area contributed by atoms with Crippen molar-refractivity contribution in [2.75, 3.05) is 6.61 Å². The summed E-state index contributed by atoms with van der Waals surface area (Å²) in [5, 5.41) is 0. The van der Waals surface area contributed by atoms with E-state index in [2.05, 4.69) is 20.9 Å². The summed E-state index contributed by atoms with van der Waals surface area (Å²) in [6.45, 7) is 5.98. The first-order valence-corrected chi connectivity index (χ1v) is 6.63. The molecule has 0 bridgehead atoms. The SMILES string of the molecule is CCOC(=Nc1ccc(Br)c(C(F)(F)F)c1)C(C)C. The summed E-state index contributed by atoms with van der Waals surface area (Å²) in [6, 6.07) is 3.86. The lowest BCUT2D eigenvalue weighted by molar-refractivity contribution is -0.138. The molecule has 1 aromatic rings. The Morgan fingerprint density at radius 2 is 2.00 bits per heavy atom. The second-order valence-corrected chi connectivity index (χ2v) is 5.05. The molecule has 0 heterocycles. The van der Waals surface area contributed by atoms with E-state index in [-0.39, 0.29) is 16.1 Å². The molecule has 0 saturated carbocycles. The molecule has 0 aliphatic carbocycles. The highest BCUT2D eigenvalue weighted by molar-refractivity contribution is 9.10. The molecule has 0 unspecified atom stereocenters. The quantitative estimate of drug-likeness (QED) is 0.549. The van der Waals surface area contributed by atoms with Gasteiger partial charge in [-0.15, -0.1) is 0 Å². The van der Waals surface area contributed by atoms with Crippen molar-refractivity contribution < 1.29 is 17.9 Å². The van der Waals surface area contributed by atoms with Crippen molar-refractivity contribution in [3.63, 3.8) is 0 Å². The first-order valence-electron chi connectivity index (χ1n) is 5.83. The van der Waals surface area contributed by atoms with Gasteiger partial charge in [-0.3, -0.25) is 0 Å². The number of alkyl halides is 3. The van der Waals surface area contributed by atoms with Gasteiger partial charge in [0.1, 0.15) is 0 Å². The van der Waals surface area contributed by atoms with Crippen molar-refractivity contribution in [3.05, 3.63) is 28.2 Å². The Morgan fingerprint density at radius 3 is 2.47 bits per heavy atom. The van der Waals surface area contributed by atoms with E-state index in [0.717, 1.165) is 6.07 Å². The van der Waals surface area contributed by atoms with Gasteiger partial charge in [-0.1, -0.05) is 29.8 Å². The highest BCUT2D eigenvalue weighted by atomic mass is 79.9. The number of ether oxygens (including phenoxy) is 1. The van der Waals surface area contributed by atoms with Gasteiger partial charge in [0, 0.05) is 10.4 Å². The van der Waals surface area contributed by atoms with Crippen molar-refractivity contribution in [3.8, 4) is 0 Å². The Hall–Kier alpha value is -1.04. The third-order valence-corrected chi connectivity index (χ3v) is 2.97. The second kappa shape index (κ2) is 6.41. The van der Waals surface area contributed by atoms with Crippen molar-refractivity contribution in [2.45, 2.75) is 26.9 Å². The molecule has 6 heteroatoms. The van der Waals surface area contributed by atoms with E-state index < -0.39 is 11.7 Å². The van der Waals surface area contributed by atoms with Gasteiger partial charge in [0.2, 0.25) is 0 Å². The lowest BCUT2D eigenvalue weighted by atomic mass is 10.2. The monoisotopic (exact) mass is 337 g/mol. The normalized spacial score (nSPS) is 12.9. The Kier molecular flexibility index (Phi) is 5.40. The second-order valence-electron chi connectivity index (χ2n) is 4.20. The molecule has 0 saturated heterocycles. The number of aliphatic imine (C=N–C) groups is 1. The van der Waals surface area contributed by atoms with Crippen molar-refractivity contribution in [2.24, 2.45) is 10.9 Å². The van der Waals surface area contributed by atoms with E-state index >= 15 is 0 Å². The molecule has 0 aromatic heterocycles. The first-order chi connectivity index (χ1) is 8.75. The smallest absolute Gasteiger partial charge is 0.417 e. The molecular formula is C13H15BrF3NO. The maximum atomic E-state index is 12.8. The van der Waals surface area contributed by atoms with Crippen LogP contribution in [0.1, 0.15) is 26.3 Å². The number of halogens is 4. The van der Waals surface area contributed by atoms with Crippen LogP contribution in [0.4, 0.5) is 18.9 Å². The van der Waals surface area contributed by atoms with Gasteiger partial charge in [-0.05, 0) is 25.1 Å². The highest BCUT2D eigenvalue weighted by Gasteiger charge is 2.33. The molecule has 0 fully saturated rings. The standard InChI is InChI=1S/C13H15BrF3NO/c1-4-19-12(8(2)3)18-9-5-6-11(14)10(7-9)13(15,16)17/h5-8H,4H2,1-3H3. The molecule has 0 amide bonds. The van der Waals surface area contributed by atoms with Crippen LogP contribution in [-0.2, 0) is 10.9 Å². The summed E-state index contributed by atoms with van der Waals surface area (Å²) in [4.78, 5) is 4.14. The van der Waals surface area contributed by atoms with Crippen LogP contribution in [0.5, 0.6) is 0 Å². The van der Waals surface area contributed by atoms with Gasteiger partial charge < -0.3 is 4.74 Å². The summed E-state index contributed by atoms with van der Waals surface area (Å²) in [5.74, 6) is 0.441. The lowest BCUT2D eigenvalue weighted by Gasteiger charge is -2.12. The number of benzene rings is 1. The molecule has 0 atom stereocenters. The summed E-state index contributed by atoms with van der Waals surface area (Å²) in [7, 11) is 0. The van der Waals surface area contributed by atoms with Crippen molar-refractivity contribution in [1.29, 1.82) is 0 Å². The van der Waals surface area contributed by atoms with Gasteiger partial charge in [0.25, 0.3) is 0 Å². The maximum absolute atomic E-state index is 12.8. The van der Waals surface area contributed by atoms with Crippen LogP contribution in [-0.4, -0.2) is 12.5 Å². The zero-order chi connectivity index (χ0) is 14.6. The van der Waals surface area contributed by atoms with E-state index in [0.29, 0.717) is 12.5 Å². The Labute approximate surface area is 118 Å². The van der Waals surface area contributed by atoms with Crippen LogP contribution in [0, 0.1) is 5.92 Å². The van der Waals surface area contributed by atoms with Gasteiger partial charge in [-0.2, -0.15) is 13.2 Å². The van der Waals surface area contributed by atoms with E-state index in [1.54, 1.807) is 6.92 Å². The Bertz CT molecular complexity index is 469. The number of hydrogen-bond acceptors (Lipinski definition) is 2. The van der Waals surface area contributed by atoms with Gasteiger partial charge in [-0.25, -0.2) is 4.99 Å². The van der Waals surface area contributed by atoms with Crippen LogP contribution in [0.3, 0.4) is 0 Å². The minimum Gasteiger partial charge on any atom is -0.481 e. The lowest BCUT2D eigenvalue weighted by Crippen LogP contribution is -2.12. The zero-order valence-corrected chi connectivity index (χ0v) is 12.5. The average molecular weight is 338 g/mol. The fourth-order valence-corrected chi connectivity index (χ4v) is 1.87. The molecule has 2 nitrogen and oxygen atoms in total. The molecule has 1 rings (SSSR count). The van der Waals surface area contributed by atoms with Crippen LogP contribution < -0.4 is 0 Å². The predicted octanol–water partition coefficient (Wildman–Crippen LogP) is 5.19. The number of nitrogens with zero attached hydrogens (tertiary/aromatic N) is 1. The van der Waals surface area contributed by atoms with Crippen LogP contribution in [0.25, 0.3) is 0 Å². The summed E-state index contributed by atoms with van der Waals surface area (Å²) in [5.41, 5.74) is -0.513. The van der Waals surface area contributed by atoms with Gasteiger partial charge in [0.15, 0.2) is 5.90 Å². The van der Waals surface area contributed by atoms with Crippen LogP contribution >= 0.6 is 15.9 Å². The van der Waals surface area contributed by atoms with Crippen molar-refractivity contribution in [1.82, 2.24) is 0 Å². The third-order valence-electron chi connectivity index (χ3n) is 2.28. The van der Waals surface area contributed by atoms with Gasteiger partial charge in [0.05, 0.1) is 17.9 Å². The minimum atomic E-state index is -4.41. The van der Waals surface area contributed by atoms with E-state index in [4.69, 9.17) is 4.74 Å². The summed E-state index contributed by atoms with van der Waals surface area (Å²) < 4.78 is 43.6. The minimum absolute atomic E-state index is 0.00135. The third kappa shape index (κ3) is 4.53. The Balaban J connectivity index is 3.18. The van der Waals surface area contributed by atoms with Gasteiger partial charge >= 0.3 is 6.18 Å². The summed E-state index contributed by atoms with van der Waals surface area (Å²) >= 11 is 2.89. The molecule has 1 aromatic carbocycles. The van der Waals surface area contributed by atoms with E-state index in [1.807, 2.05) is 13.8 Å². The molecule has 0 radical (unpaired) electrons. The molecule has 0 aliphatic heterocycles. The summed E-state index contributed by atoms with van der Waals surface area (Å²) in [6.07, 6.45) is -4.41. The maximum Gasteiger partial charge on any atom is 0.417 e. The average Bonchev–Trinajstić information content (AvgIpc) is 2.29. The number of hydrogen-bond donors (Lipinski definition) is 0. The van der Waals surface area contributed by atoms with Crippen molar-refractivity contribution >= 4 is 27.5 Å². The molecule has 0 aliphatic rings.